The lowest BCUT2D eigenvalue weighted by molar-refractivity contribution is -0.137. The molecule has 0 aromatic heterocycles. The summed E-state index contributed by atoms with van der Waals surface area (Å²) in [5, 5.41) is 10.4. The summed E-state index contributed by atoms with van der Waals surface area (Å²) in [7, 11) is 0. The summed E-state index contributed by atoms with van der Waals surface area (Å²) in [6.45, 7) is 5.85. The Hall–Kier alpha value is -1.90. The molecule has 1 aromatic rings. The largest absolute Gasteiger partial charge is 0.504 e. The van der Waals surface area contributed by atoms with Crippen LogP contribution in [0, 0.1) is 16.7 Å². The van der Waals surface area contributed by atoms with E-state index in [4.69, 9.17) is 0 Å². The SMILES string of the molecule is CC1(C)CC(=O)C[C@@]2(C)C(c3ccccc3)=C(O)C(=O)[C@@H]12. The molecular weight excluding hydrogens is 264 g/mol. The normalized spacial score (nSPS) is 31.5. The van der Waals surface area contributed by atoms with Crippen molar-refractivity contribution in [3.8, 4) is 0 Å². The molecular formula is C18H20O3. The molecule has 3 rings (SSSR count). The molecule has 3 heteroatoms. The molecule has 0 unspecified atom stereocenters. The summed E-state index contributed by atoms with van der Waals surface area (Å²) in [6.07, 6.45) is 0.718. The number of carbonyl (C=O) groups excluding carboxylic acids is 2. The summed E-state index contributed by atoms with van der Waals surface area (Å²) in [5.74, 6) is -0.544. The molecule has 2 aliphatic carbocycles. The van der Waals surface area contributed by atoms with E-state index in [0.29, 0.717) is 18.4 Å². The molecule has 1 N–H and O–H groups in total. The van der Waals surface area contributed by atoms with Crippen molar-refractivity contribution in [1.82, 2.24) is 0 Å². The zero-order valence-electron chi connectivity index (χ0n) is 12.6. The minimum atomic E-state index is -0.610. The number of ketones is 2. The molecule has 2 atom stereocenters. The highest BCUT2D eigenvalue weighted by Gasteiger charge is 2.60. The second-order valence-corrected chi connectivity index (χ2v) is 7.19. The fourth-order valence-electron chi connectivity index (χ4n) is 4.53. The van der Waals surface area contributed by atoms with Gasteiger partial charge < -0.3 is 5.11 Å². The van der Waals surface area contributed by atoms with Crippen molar-refractivity contribution >= 4 is 17.1 Å². The van der Waals surface area contributed by atoms with Crippen LogP contribution in [0.1, 0.15) is 39.2 Å². The second-order valence-electron chi connectivity index (χ2n) is 7.19. The molecule has 110 valence electrons. The number of hydrogen-bond donors (Lipinski definition) is 1. The molecule has 3 nitrogen and oxygen atoms in total. The summed E-state index contributed by atoms with van der Waals surface area (Å²) < 4.78 is 0. The van der Waals surface area contributed by atoms with E-state index in [1.54, 1.807) is 0 Å². The van der Waals surface area contributed by atoms with Gasteiger partial charge in [-0.15, -0.1) is 0 Å². The number of fused-ring (bicyclic) bond motifs is 1. The minimum absolute atomic E-state index is 0.156. The number of Topliss-reactive ketones (excluding diaryl/α,β-unsaturated/α-hetero) is 2. The zero-order valence-corrected chi connectivity index (χ0v) is 12.6. The maximum absolute atomic E-state index is 12.6. The van der Waals surface area contributed by atoms with Gasteiger partial charge in [-0.1, -0.05) is 51.1 Å². The Labute approximate surface area is 124 Å². The van der Waals surface area contributed by atoms with Gasteiger partial charge >= 0.3 is 0 Å². The zero-order chi connectivity index (χ0) is 15.4. The molecule has 1 saturated carbocycles. The van der Waals surface area contributed by atoms with Gasteiger partial charge in [0.2, 0.25) is 5.78 Å². The van der Waals surface area contributed by atoms with Crippen LogP contribution >= 0.6 is 0 Å². The lowest BCUT2D eigenvalue weighted by Gasteiger charge is -2.46. The predicted octanol–water partition coefficient (Wildman–Crippen LogP) is 3.55. The maximum atomic E-state index is 12.6. The van der Waals surface area contributed by atoms with Crippen LogP contribution in [0.4, 0.5) is 0 Å². The fraction of sp³-hybridized carbons (Fsp3) is 0.444. The summed E-state index contributed by atoms with van der Waals surface area (Å²) in [6, 6.07) is 9.43. The first-order chi connectivity index (χ1) is 9.77. The van der Waals surface area contributed by atoms with Gasteiger partial charge in [0, 0.05) is 29.7 Å². The van der Waals surface area contributed by atoms with Crippen molar-refractivity contribution < 1.29 is 14.7 Å². The Bertz CT molecular complexity index is 654. The molecule has 0 spiro atoms. The van der Waals surface area contributed by atoms with Crippen molar-refractivity contribution in [1.29, 1.82) is 0 Å². The highest BCUT2D eigenvalue weighted by atomic mass is 16.3. The van der Waals surface area contributed by atoms with Crippen molar-refractivity contribution in [3.05, 3.63) is 41.7 Å². The van der Waals surface area contributed by atoms with Gasteiger partial charge in [-0.2, -0.15) is 0 Å². The average Bonchev–Trinajstić information content (AvgIpc) is 2.56. The van der Waals surface area contributed by atoms with Crippen LogP contribution in [0.5, 0.6) is 0 Å². The molecule has 0 radical (unpaired) electrons. The third-order valence-electron chi connectivity index (χ3n) is 5.00. The van der Waals surface area contributed by atoms with Crippen molar-refractivity contribution in [3.63, 3.8) is 0 Å². The Kier molecular flexibility index (Phi) is 2.88. The Morgan fingerprint density at radius 3 is 2.29 bits per heavy atom. The van der Waals surface area contributed by atoms with Crippen LogP contribution in [-0.4, -0.2) is 16.7 Å². The highest BCUT2D eigenvalue weighted by Crippen LogP contribution is 2.61. The van der Waals surface area contributed by atoms with E-state index in [1.165, 1.54) is 0 Å². The van der Waals surface area contributed by atoms with Crippen LogP contribution < -0.4 is 0 Å². The molecule has 0 saturated heterocycles. The van der Waals surface area contributed by atoms with Crippen LogP contribution in [0.25, 0.3) is 5.57 Å². The molecule has 2 aliphatic rings. The molecule has 0 heterocycles. The van der Waals surface area contributed by atoms with Gasteiger partial charge in [0.25, 0.3) is 0 Å². The van der Waals surface area contributed by atoms with Gasteiger partial charge in [-0.3, -0.25) is 9.59 Å². The number of allylic oxidation sites excluding steroid dienone is 2. The number of rotatable bonds is 1. The van der Waals surface area contributed by atoms with Crippen LogP contribution in [0.2, 0.25) is 0 Å². The molecule has 0 bridgehead atoms. The Morgan fingerprint density at radius 2 is 1.67 bits per heavy atom. The van der Waals surface area contributed by atoms with Crippen LogP contribution in [0.15, 0.2) is 36.1 Å². The van der Waals surface area contributed by atoms with Crippen LogP contribution in [-0.2, 0) is 9.59 Å². The van der Waals surface area contributed by atoms with E-state index < -0.39 is 10.8 Å². The summed E-state index contributed by atoms with van der Waals surface area (Å²) >= 11 is 0. The smallest absolute Gasteiger partial charge is 0.201 e. The van der Waals surface area contributed by atoms with E-state index in [2.05, 4.69) is 0 Å². The van der Waals surface area contributed by atoms with Gasteiger partial charge in [0.05, 0.1) is 0 Å². The quantitative estimate of drug-likeness (QED) is 0.858. The third-order valence-corrected chi connectivity index (χ3v) is 5.00. The van der Waals surface area contributed by atoms with Crippen LogP contribution in [0.3, 0.4) is 0 Å². The third kappa shape index (κ3) is 1.87. The standard InChI is InChI=1S/C18H20O3/c1-17(2)9-12(19)10-18(3)13(11-7-5-4-6-8-11)14(20)15(21)16(17)18/h4-8,16,20H,9-10H2,1-3H3/t16-,18-/m0/s1. The fourth-order valence-corrected chi connectivity index (χ4v) is 4.53. The first-order valence-electron chi connectivity index (χ1n) is 7.32. The Balaban J connectivity index is 2.21. The molecule has 1 fully saturated rings. The highest BCUT2D eigenvalue weighted by molar-refractivity contribution is 6.11. The summed E-state index contributed by atoms with van der Waals surface area (Å²) in [5.41, 5.74) is 0.436. The van der Waals surface area contributed by atoms with Crippen molar-refractivity contribution in [2.24, 2.45) is 16.7 Å². The van der Waals surface area contributed by atoms with Gasteiger partial charge in [0.15, 0.2) is 5.76 Å². The first kappa shape index (κ1) is 14.1. The Morgan fingerprint density at radius 1 is 1.05 bits per heavy atom. The van der Waals surface area contributed by atoms with E-state index in [0.717, 1.165) is 5.56 Å². The average molecular weight is 284 g/mol. The topological polar surface area (TPSA) is 54.4 Å². The van der Waals surface area contributed by atoms with E-state index in [-0.39, 0.29) is 23.2 Å². The molecule has 0 aliphatic heterocycles. The van der Waals surface area contributed by atoms with Crippen molar-refractivity contribution in [2.45, 2.75) is 33.6 Å². The van der Waals surface area contributed by atoms with E-state index >= 15 is 0 Å². The number of aliphatic hydroxyl groups excluding tert-OH is 1. The molecule has 0 amide bonds. The van der Waals surface area contributed by atoms with Crippen molar-refractivity contribution in [2.75, 3.05) is 0 Å². The molecule has 21 heavy (non-hydrogen) atoms. The number of hydrogen-bond acceptors (Lipinski definition) is 3. The van der Waals surface area contributed by atoms with Gasteiger partial charge in [-0.25, -0.2) is 0 Å². The van der Waals surface area contributed by atoms with Gasteiger partial charge in [-0.05, 0) is 11.0 Å². The summed E-state index contributed by atoms with van der Waals surface area (Å²) in [4.78, 5) is 24.8. The lowest BCUT2D eigenvalue weighted by atomic mass is 9.55. The maximum Gasteiger partial charge on any atom is 0.201 e. The minimum Gasteiger partial charge on any atom is -0.504 e. The second kappa shape index (κ2) is 4.30. The lowest BCUT2D eigenvalue weighted by Crippen LogP contribution is -2.46. The monoisotopic (exact) mass is 284 g/mol. The predicted molar refractivity (Wildman–Crippen MR) is 80.6 cm³/mol. The van der Waals surface area contributed by atoms with Gasteiger partial charge in [0.1, 0.15) is 5.78 Å². The van der Waals surface area contributed by atoms with E-state index in [9.17, 15) is 14.7 Å². The number of aliphatic hydroxyl groups is 1. The number of benzene rings is 1. The first-order valence-corrected chi connectivity index (χ1v) is 7.32. The molecule has 1 aromatic carbocycles. The van der Waals surface area contributed by atoms with E-state index in [1.807, 2.05) is 51.1 Å². The number of carbonyl (C=O) groups is 2.